The highest BCUT2D eigenvalue weighted by Gasteiger charge is 2.31. The Morgan fingerprint density at radius 2 is 2.10 bits per heavy atom. The standard InChI is InChI=1S/C15H27N3O2S/c1-4-8-18-11-15(9-14(18)10-16-5-2)21(19,20)17-12(3)13-6-7-13/h9,11-13,16-17H,4-8,10H2,1-3H3. The summed E-state index contributed by atoms with van der Waals surface area (Å²) in [6.07, 6.45) is 5.01. The second kappa shape index (κ2) is 6.94. The Hall–Kier alpha value is -0.850. The van der Waals surface area contributed by atoms with E-state index in [0.29, 0.717) is 17.4 Å². The Morgan fingerprint density at radius 3 is 2.67 bits per heavy atom. The predicted molar refractivity (Wildman–Crippen MR) is 84.6 cm³/mol. The molecule has 0 radical (unpaired) electrons. The summed E-state index contributed by atoms with van der Waals surface area (Å²) >= 11 is 0. The summed E-state index contributed by atoms with van der Waals surface area (Å²) in [5.74, 6) is 0.513. The van der Waals surface area contributed by atoms with Gasteiger partial charge in [0, 0.05) is 31.0 Å². The van der Waals surface area contributed by atoms with E-state index >= 15 is 0 Å². The maximum absolute atomic E-state index is 12.5. The first-order chi connectivity index (χ1) is 9.97. The van der Waals surface area contributed by atoms with Crippen LogP contribution < -0.4 is 10.0 Å². The average molecular weight is 313 g/mol. The predicted octanol–water partition coefficient (Wildman–Crippen LogP) is 2.08. The van der Waals surface area contributed by atoms with Crippen LogP contribution in [-0.4, -0.2) is 25.6 Å². The monoisotopic (exact) mass is 313 g/mol. The van der Waals surface area contributed by atoms with Gasteiger partial charge < -0.3 is 9.88 Å². The topological polar surface area (TPSA) is 63.1 Å². The molecule has 1 aliphatic carbocycles. The van der Waals surface area contributed by atoms with Gasteiger partial charge in [-0.15, -0.1) is 0 Å². The highest BCUT2D eigenvalue weighted by Crippen LogP contribution is 2.33. The normalized spacial score (nSPS) is 17.1. The zero-order valence-corrected chi connectivity index (χ0v) is 14.0. The minimum atomic E-state index is -3.41. The van der Waals surface area contributed by atoms with Crippen molar-refractivity contribution >= 4 is 10.0 Å². The number of aromatic nitrogens is 1. The summed E-state index contributed by atoms with van der Waals surface area (Å²) in [6, 6.07) is 1.82. The molecule has 21 heavy (non-hydrogen) atoms. The van der Waals surface area contributed by atoms with Crippen LogP contribution >= 0.6 is 0 Å². The van der Waals surface area contributed by atoms with E-state index in [1.54, 1.807) is 12.3 Å². The first-order valence-corrected chi connectivity index (χ1v) is 9.38. The van der Waals surface area contributed by atoms with Crippen molar-refractivity contribution in [3.8, 4) is 0 Å². The fourth-order valence-electron chi connectivity index (χ4n) is 2.53. The molecular formula is C15H27N3O2S. The van der Waals surface area contributed by atoms with Crippen molar-refractivity contribution in [2.24, 2.45) is 5.92 Å². The van der Waals surface area contributed by atoms with Crippen LogP contribution in [0.25, 0.3) is 0 Å². The van der Waals surface area contributed by atoms with Crippen LogP contribution in [0.2, 0.25) is 0 Å². The summed E-state index contributed by atoms with van der Waals surface area (Å²) in [4.78, 5) is 0.386. The first kappa shape index (κ1) is 16.5. The SMILES string of the molecule is CCCn1cc(S(=O)(=O)NC(C)C2CC2)cc1CNCC. The van der Waals surface area contributed by atoms with Gasteiger partial charge in [0.2, 0.25) is 10.0 Å². The van der Waals surface area contributed by atoms with Crippen molar-refractivity contribution in [1.29, 1.82) is 0 Å². The molecule has 0 aliphatic heterocycles. The summed E-state index contributed by atoms with van der Waals surface area (Å²) < 4.78 is 29.8. The lowest BCUT2D eigenvalue weighted by Gasteiger charge is -2.12. The Balaban J connectivity index is 2.16. The third-order valence-electron chi connectivity index (χ3n) is 3.96. The number of nitrogens with zero attached hydrogens (tertiary/aromatic N) is 1. The molecule has 1 aromatic rings. The van der Waals surface area contributed by atoms with E-state index in [-0.39, 0.29) is 6.04 Å². The molecule has 0 bridgehead atoms. The minimum Gasteiger partial charge on any atom is -0.349 e. The second-order valence-electron chi connectivity index (χ2n) is 5.89. The van der Waals surface area contributed by atoms with Gasteiger partial charge in [-0.25, -0.2) is 13.1 Å². The molecule has 2 N–H and O–H groups in total. The molecule has 0 saturated heterocycles. The van der Waals surface area contributed by atoms with Crippen molar-refractivity contribution in [2.45, 2.75) is 64.1 Å². The van der Waals surface area contributed by atoms with E-state index in [1.807, 2.05) is 18.4 Å². The van der Waals surface area contributed by atoms with Crippen LogP contribution in [-0.2, 0) is 23.1 Å². The highest BCUT2D eigenvalue weighted by atomic mass is 32.2. The average Bonchev–Trinajstić information content (AvgIpc) is 3.19. The number of nitrogens with one attached hydrogen (secondary N) is 2. The smallest absolute Gasteiger partial charge is 0.242 e. The molecule has 1 aliphatic rings. The lowest BCUT2D eigenvalue weighted by Crippen LogP contribution is -2.33. The van der Waals surface area contributed by atoms with Crippen molar-refractivity contribution in [2.75, 3.05) is 6.54 Å². The van der Waals surface area contributed by atoms with Gasteiger partial charge in [0.1, 0.15) is 0 Å². The quantitative estimate of drug-likeness (QED) is 0.734. The molecule has 5 nitrogen and oxygen atoms in total. The molecule has 1 fully saturated rings. The third-order valence-corrected chi connectivity index (χ3v) is 5.49. The van der Waals surface area contributed by atoms with E-state index in [9.17, 15) is 8.42 Å². The highest BCUT2D eigenvalue weighted by molar-refractivity contribution is 7.89. The summed E-state index contributed by atoms with van der Waals surface area (Å²) in [5.41, 5.74) is 1.03. The maximum atomic E-state index is 12.5. The van der Waals surface area contributed by atoms with Gasteiger partial charge in [-0.3, -0.25) is 0 Å². The molecule has 0 aromatic carbocycles. The van der Waals surface area contributed by atoms with Crippen molar-refractivity contribution in [3.63, 3.8) is 0 Å². The van der Waals surface area contributed by atoms with Crippen LogP contribution in [0.3, 0.4) is 0 Å². The van der Waals surface area contributed by atoms with E-state index in [2.05, 4.69) is 17.0 Å². The summed E-state index contributed by atoms with van der Waals surface area (Å²) in [7, 11) is -3.41. The number of hydrogen-bond donors (Lipinski definition) is 2. The molecule has 1 heterocycles. The zero-order chi connectivity index (χ0) is 15.5. The molecule has 2 rings (SSSR count). The number of aryl methyl sites for hydroxylation is 1. The molecule has 1 saturated carbocycles. The van der Waals surface area contributed by atoms with Crippen molar-refractivity contribution in [3.05, 3.63) is 18.0 Å². The van der Waals surface area contributed by atoms with E-state index in [4.69, 9.17) is 0 Å². The van der Waals surface area contributed by atoms with Crippen molar-refractivity contribution in [1.82, 2.24) is 14.6 Å². The van der Waals surface area contributed by atoms with Gasteiger partial charge in [-0.1, -0.05) is 13.8 Å². The molecule has 1 aromatic heterocycles. The second-order valence-corrected chi connectivity index (χ2v) is 7.60. The fourth-order valence-corrected chi connectivity index (χ4v) is 3.90. The molecule has 1 unspecified atom stereocenters. The molecule has 6 heteroatoms. The third kappa shape index (κ3) is 4.31. The number of hydrogen-bond acceptors (Lipinski definition) is 3. The van der Waals surface area contributed by atoms with E-state index in [0.717, 1.165) is 38.0 Å². The lowest BCUT2D eigenvalue weighted by molar-refractivity contribution is 0.537. The molecule has 1 atom stereocenters. The minimum absolute atomic E-state index is 0.0294. The van der Waals surface area contributed by atoms with Crippen LogP contribution in [0.5, 0.6) is 0 Å². The molecule has 0 spiro atoms. The van der Waals surface area contributed by atoms with Crippen LogP contribution in [0.15, 0.2) is 17.2 Å². The van der Waals surface area contributed by atoms with Crippen molar-refractivity contribution < 1.29 is 8.42 Å². The maximum Gasteiger partial charge on any atom is 0.242 e. The van der Waals surface area contributed by atoms with Crippen LogP contribution in [0.1, 0.15) is 45.7 Å². The summed E-state index contributed by atoms with van der Waals surface area (Å²) in [6.45, 7) is 8.51. The molecule has 0 amide bonds. The van der Waals surface area contributed by atoms with Gasteiger partial charge in [0.25, 0.3) is 0 Å². The first-order valence-electron chi connectivity index (χ1n) is 7.90. The Kier molecular flexibility index (Phi) is 5.46. The Bertz CT molecular complexity index is 561. The Labute approximate surface area is 128 Å². The summed E-state index contributed by atoms with van der Waals surface area (Å²) in [5, 5.41) is 3.26. The van der Waals surface area contributed by atoms with Crippen LogP contribution in [0, 0.1) is 5.92 Å². The lowest BCUT2D eigenvalue weighted by atomic mass is 10.2. The zero-order valence-electron chi connectivity index (χ0n) is 13.2. The van der Waals surface area contributed by atoms with Gasteiger partial charge >= 0.3 is 0 Å². The number of sulfonamides is 1. The van der Waals surface area contributed by atoms with Gasteiger partial charge in [0.15, 0.2) is 0 Å². The van der Waals surface area contributed by atoms with E-state index < -0.39 is 10.0 Å². The van der Waals surface area contributed by atoms with Gasteiger partial charge in [-0.05, 0) is 44.7 Å². The van der Waals surface area contributed by atoms with Crippen LogP contribution in [0.4, 0.5) is 0 Å². The largest absolute Gasteiger partial charge is 0.349 e. The Morgan fingerprint density at radius 1 is 1.38 bits per heavy atom. The molecular weight excluding hydrogens is 286 g/mol. The fraction of sp³-hybridized carbons (Fsp3) is 0.733. The number of rotatable bonds is 9. The van der Waals surface area contributed by atoms with Gasteiger partial charge in [-0.2, -0.15) is 0 Å². The van der Waals surface area contributed by atoms with Gasteiger partial charge in [0.05, 0.1) is 4.90 Å². The molecule has 120 valence electrons. The van der Waals surface area contributed by atoms with E-state index in [1.165, 1.54) is 0 Å².